The molecule has 0 aliphatic carbocycles. The van der Waals surface area contributed by atoms with Crippen LogP contribution in [0.3, 0.4) is 0 Å². The minimum absolute atomic E-state index is 0.846. The molecule has 0 bridgehead atoms. The fraction of sp³-hybridized carbons (Fsp3) is 0. The molecule has 51 heavy (non-hydrogen) atoms. The number of hydrogen-bond donors (Lipinski definition) is 0. The van der Waals surface area contributed by atoms with Crippen molar-refractivity contribution in [2.24, 2.45) is 0 Å². The van der Waals surface area contributed by atoms with Gasteiger partial charge in [0, 0.05) is 27.2 Å². The third kappa shape index (κ3) is 4.19. The molecule has 9 aromatic carbocycles. The minimum atomic E-state index is 0.846. The number of hydrogen-bond acceptors (Lipinski definition) is 3. The molecule has 3 nitrogen and oxygen atoms in total. The molecule has 0 amide bonds. The topological polar surface area (TPSA) is 29.5 Å². The van der Waals surface area contributed by atoms with E-state index in [-0.39, 0.29) is 0 Å². The summed E-state index contributed by atoms with van der Waals surface area (Å²) in [7, 11) is 0. The third-order valence-electron chi connectivity index (χ3n) is 10.4. The highest BCUT2D eigenvalue weighted by atomic mass is 16.3. The zero-order chi connectivity index (χ0) is 33.5. The largest absolute Gasteiger partial charge is 0.456 e. The van der Waals surface area contributed by atoms with Gasteiger partial charge in [0.05, 0.1) is 16.8 Å². The Morgan fingerprint density at radius 3 is 1.84 bits per heavy atom. The molecule has 0 radical (unpaired) electrons. The number of nitrogens with zero attached hydrogens (tertiary/aromatic N) is 1. The van der Waals surface area contributed by atoms with Crippen molar-refractivity contribution in [1.82, 2.24) is 0 Å². The average molecular weight is 652 g/mol. The van der Waals surface area contributed by atoms with Gasteiger partial charge in [-0.15, -0.1) is 0 Å². The van der Waals surface area contributed by atoms with E-state index in [1.165, 1.54) is 32.7 Å². The summed E-state index contributed by atoms with van der Waals surface area (Å²) in [4.78, 5) is 2.33. The van der Waals surface area contributed by atoms with Crippen molar-refractivity contribution >= 4 is 93.3 Å². The number of furan rings is 2. The summed E-state index contributed by atoms with van der Waals surface area (Å²) in [6, 6.07) is 62.5. The van der Waals surface area contributed by atoms with Crippen LogP contribution in [0, 0.1) is 0 Å². The number of fused-ring (bicyclic) bond motifs is 11. The molecular formula is C48H29NO2. The fourth-order valence-corrected chi connectivity index (χ4v) is 8.12. The molecule has 0 spiro atoms. The summed E-state index contributed by atoms with van der Waals surface area (Å²) < 4.78 is 13.3. The Labute approximate surface area is 293 Å². The van der Waals surface area contributed by atoms with Crippen molar-refractivity contribution in [3.8, 4) is 11.1 Å². The first-order valence-corrected chi connectivity index (χ1v) is 17.3. The van der Waals surface area contributed by atoms with Crippen LogP contribution >= 0.6 is 0 Å². The molecule has 0 atom stereocenters. The molecule has 0 N–H and O–H groups in total. The Bertz CT molecular complexity index is 3150. The highest BCUT2D eigenvalue weighted by molar-refractivity contribution is 6.19. The van der Waals surface area contributed by atoms with Crippen LogP contribution in [-0.4, -0.2) is 0 Å². The van der Waals surface area contributed by atoms with Gasteiger partial charge in [-0.3, -0.25) is 0 Å². The van der Waals surface area contributed by atoms with E-state index in [1.54, 1.807) is 0 Å². The third-order valence-corrected chi connectivity index (χ3v) is 10.4. The highest BCUT2D eigenvalue weighted by Gasteiger charge is 2.23. The van der Waals surface area contributed by atoms with Crippen molar-refractivity contribution in [2.45, 2.75) is 0 Å². The molecule has 0 aliphatic heterocycles. The average Bonchev–Trinajstić information content (AvgIpc) is 3.78. The normalized spacial score (nSPS) is 11.9. The van der Waals surface area contributed by atoms with E-state index in [1.807, 2.05) is 12.1 Å². The molecule has 2 aromatic heterocycles. The van der Waals surface area contributed by atoms with Gasteiger partial charge in [-0.1, -0.05) is 127 Å². The summed E-state index contributed by atoms with van der Waals surface area (Å²) in [6.07, 6.45) is 0. The monoisotopic (exact) mass is 651 g/mol. The van der Waals surface area contributed by atoms with Gasteiger partial charge < -0.3 is 13.7 Å². The molecule has 0 unspecified atom stereocenters. The van der Waals surface area contributed by atoms with Gasteiger partial charge in [-0.25, -0.2) is 0 Å². The van der Waals surface area contributed by atoms with Gasteiger partial charge in [0.25, 0.3) is 0 Å². The van der Waals surface area contributed by atoms with Crippen LogP contribution in [0.1, 0.15) is 0 Å². The van der Waals surface area contributed by atoms with Crippen LogP contribution in [0.5, 0.6) is 0 Å². The molecule has 0 saturated carbocycles. The zero-order valence-corrected chi connectivity index (χ0v) is 27.5. The maximum Gasteiger partial charge on any atom is 0.159 e. The van der Waals surface area contributed by atoms with Crippen molar-refractivity contribution in [3.63, 3.8) is 0 Å². The molecule has 0 fully saturated rings. The van der Waals surface area contributed by atoms with Gasteiger partial charge in [0.15, 0.2) is 5.58 Å². The molecule has 0 aliphatic rings. The summed E-state index contributed by atoms with van der Waals surface area (Å²) in [5.74, 6) is 0. The second-order valence-electron chi connectivity index (χ2n) is 13.2. The number of para-hydroxylation sites is 2. The van der Waals surface area contributed by atoms with Gasteiger partial charge in [-0.05, 0) is 86.6 Å². The fourth-order valence-electron chi connectivity index (χ4n) is 8.12. The maximum absolute atomic E-state index is 6.92. The molecule has 3 heteroatoms. The zero-order valence-electron chi connectivity index (χ0n) is 27.5. The quantitative estimate of drug-likeness (QED) is 0.177. The van der Waals surface area contributed by atoms with E-state index in [2.05, 4.69) is 169 Å². The predicted octanol–water partition coefficient (Wildman–Crippen LogP) is 14.1. The summed E-state index contributed by atoms with van der Waals surface area (Å²) >= 11 is 0. The standard InChI is InChI=1S/C48H29NO2/c1-4-14-35-30(11-1)25-28-39-38-18-9-20-43(48(38)51-47(35)39)49(42-19-10-22-45-46(42)40-17-7-8-21-44(40)50-45)33-26-23-31(24-27-33)41-29-32-12-2-3-13-34(32)36-15-5-6-16-37(36)41/h1-29H. The van der Waals surface area contributed by atoms with E-state index >= 15 is 0 Å². The van der Waals surface area contributed by atoms with Crippen molar-refractivity contribution in [2.75, 3.05) is 4.90 Å². The van der Waals surface area contributed by atoms with Crippen molar-refractivity contribution < 1.29 is 8.83 Å². The Hall–Kier alpha value is -6.84. The lowest BCUT2D eigenvalue weighted by molar-refractivity contribution is 0.668. The van der Waals surface area contributed by atoms with E-state index in [4.69, 9.17) is 8.83 Å². The van der Waals surface area contributed by atoms with Crippen LogP contribution in [0.4, 0.5) is 17.1 Å². The predicted molar refractivity (Wildman–Crippen MR) is 214 cm³/mol. The molecule has 2 heterocycles. The Morgan fingerprint density at radius 2 is 0.980 bits per heavy atom. The maximum atomic E-state index is 6.92. The molecule has 238 valence electrons. The molecule has 0 saturated heterocycles. The van der Waals surface area contributed by atoms with Gasteiger partial charge >= 0.3 is 0 Å². The first kappa shape index (κ1) is 28.0. The number of anilines is 3. The van der Waals surface area contributed by atoms with E-state index < -0.39 is 0 Å². The molecule has 11 rings (SSSR count). The van der Waals surface area contributed by atoms with Crippen LogP contribution in [0.15, 0.2) is 185 Å². The Morgan fingerprint density at radius 1 is 0.353 bits per heavy atom. The SMILES string of the molecule is c1ccc2c(c1)cc(-c1ccc(N(c3cccc4c3oc3c5ccccc5ccc43)c3cccc4oc5ccccc5c34)cc1)c1ccccc12. The second kappa shape index (κ2) is 10.8. The first-order valence-electron chi connectivity index (χ1n) is 17.3. The lowest BCUT2D eigenvalue weighted by atomic mass is 9.93. The molecular weight excluding hydrogens is 623 g/mol. The van der Waals surface area contributed by atoms with E-state index in [0.717, 1.165) is 71.7 Å². The number of benzene rings is 9. The number of rotatable bonds is 4. The van der Waals surface area contributed by atoms with Crippen LogP contribution < -0.4 is 4.90 Å². The lowest BCUT2D eigenvalue weighted by Gasteiger charge is -2.26. The van der Waals surface area contributed by atoms with Gasteiger partial charge in [0.1, 0.15) is 16.7 Å². The van der Waals surface area contributed by atoms with Crippen molar-refractivity contribution in [3.05, 3.63) is 176 Å². The summed E-state index contributed by atoms with van der Waals surface area (Å²) in [5.41, 5.74) is 8.87. The Kier molecular flexibility index (Phi) is 5.96. The first-order chi connectivity index (χ1) is 25.3. The lowest BCUT2D eigenvalue weighted by Crippen LogP contribution is -2.10. The van der Waals surface area contributed by atoms with E-state index in [9.17, 15) is 0 Å². The molecule has 11 aromatic rings. The van der Waals surface area contributed by atoms with Crippen LogP contribution in [0.2, 0.25) is 0 Å². The smallest absolute Gasteiger partial charge is 0.159 e. The van der Waals surface area contributed by atoms with Crippen LogP contribution in [-0.2, 0) is 0 Å². The summed E-state index contributed by atoms with van der Waals surface area (Å²) in [6.45, 7) is 0. The Balaban J connectivity index is 1.17. The van der Waals surface area contributed by atoms with Crippen molar-refractivity contribution in [1.29, 1.82) is 0 Å². The van der Waals surface area contributed by atoms with Gasteiger partial charge in [-0.2, -0.15) is 0 Å². The highest BCUT2D eigenvalue weighted by Crippen LogP contribution is 2.47. The summed E-state index contributed by atoms with van der Waals surface area (Å²) in [5, 5.41) is 11.6. The van der Waals surface area contributed by atoms with Gasteiger partial charge in [0.2, 0.25) is 0 Å². The van der Waals surface area contributed by atoms with Crippen LogP contribution in [0.25, 0.3) is 87.3 Å². The minimum Gasteiger partial charge on any atom is -0.456 e. The van der Waals surface area contributed by atoms with E-state index in [0.29, 0.717) is 0 Å². The second-order valence-corrected chi connectivity index (χ2v) is 13.2.